The molecule has 0 aromatic heterocycles. The Balaban J connectivity index is 2.61. The lowest BCUT2D eigenvalue weighted by molar-refractivity contribution is -0.144. The zero-order valence-electron chi connectivity index (χ0n) is 12.1. The molecule has 0 aliphatic carbocycles. The molecule has 118 valence electrons. The number of nitrogens with one attached hydrogen (secondary N) is 2. The highest BCUT2D eigenvalue weighted by Crippen LogP contribution is 2.04. The Hall–Kier alpha value is -2.32. The van der Waals surface area contributed by atoms with Gasteiger partial charge in [-0.3, -0.25) is 14.5 Å². The van der Waals surface area contributed by atoms with Crippen LogP contribution in [0.25, 0.3) is 0 Å². The molecule has 1 atom stereocenters. The lowest BCUT2D eigenvalue weighted by atomic mass is 10.2. The summed E-state index contributed by atoms with van der Waals surface area (Å²) in [7, 11) is 0. The summed E-state index contributed by atoms with van der Waals surface area (Å²) in [6.45, 7) is 3.96. The van der Waals surface area contributed by atoms with Crippen LogP contribution in [0.3, 0.4) is 0 Å². The van der Waals surface area contributed by atoms with Crippen molar-refractivity contribution in [1.29, 1.82) is 0 Å². The molecule has 4 amide bonds. The van der Waals surface area contributed by atoms with Crippen molar-refractivity contribution in [3.8, 4) is 0 Å². The van der Waals surface area contributed by atoms with Crippen LogP contribution in [0.15, 0.2) is 0 Å². The standard InChI is InChI=1S/C12H20N4O5/c1-3-15(4-2)10(18)6-14-12(21)16-7-9(17)13-5-8(16)11(19)20/h8H,3-7H2,1-2H3,(H,13,17)(H,14,21)(H,19,20). The number of hydrogen-bond acceptors (Lipinski definition) is 4. The van der Waals surface area contributed by atoms with E-state index in [1.807, 2.05) is 13.8 Å². The zero-order chi connectivity index (χ0) is 16.0. The lowest BCUT2D eigenvalue weighted by Crippen LogP contribution is -2.61. The molecule has 0 aromatic carbocycles. The maximum absolute atomic E-state index is 12.0. The molecule has 9 heteroatoms. The highest BCUT2D eigenvalue weighted by Gasteiger charge is 2.35. The topological polar surface area (TPSA) is 119 Å². The fourth-order valence-corrected chi connectivity index (χ4v) is 2.02. The number of piperazine rings is 1. The summed E-state index contributed by atoms with van der Waals surface area (Å²) >= 11 is 0. The molecule has 1 unspecified atom stereocenters. The lowest BCUT2D eigenvalue weighted by Gasteiger charge is -2.32. The van der Waals surface area contributed by atoms with E-state index in [1.165, 1.54) is 4.90 Å². The van der Waals surface area contributed by atoms with Crippen LogP contribution >= 0.6 is 0 Å². The molecule has 0 radical (unpaired) electrons. The van der Waals surface area contributed by atoms with Gasteiger partial charge >= 0.3 is 12.0 Å². The third-order valence-electron chi connectivity index (χ3n) is 3.24. The monoisotopic (exact) mass is 300 g/mol. The Labute approximate surface area is 122 Å². The summed E-state index contributed by atoms with van der Waals surface area (Å²) in [6.07, 6.45) is 0. The predicted molar refractivity (Wildman–Crippen MR) is 72.5 cm³/mol. The van der Waals surface area contributed by atoms with Crippen molar-refractivity contribution < 1.29 is 24.3 Å². The molecular formula is C12H20N4O5. The van der Waals surface area contributed by atoms with Crippen LogP contribution < -0.4 is 10.6 Å². The maximum atomic E-state index is 12.0. The summed E-state index contributed by atoms with van der Waals surface area (Å²) < 4.78 is 0. The van der Waals surface area contributed by atoms with Crippen molar-refractivity contribution in [3.63, 3.8) is 0 Å². The third kappa shape index (κ3) is 4.33. The van der Waals surface area contributed by atoms with Crippen molar-refractivity contribution in [2.75, 3.05) is 32.7 Å². The van der Waals surface area contributed by atoms with Gasteiger partial charge in [0.1, 0.15) is 12.6 Å². The first kappa shape index (κ1) is 16.7. The number of aliphatic carboxylic acids is 1. The van der Waals surface area contributed by atoms with Crippen LogP contribution in [-0.4, -0.2) is 77.5 Å². The quantitative estimate of drug-likeness (QED) is 0.568. The number of hydrogen-bond donors (Lipinski definition) is 3. The molecule has 1 aliphatic rings. The molecule has 1 heterocycles. The molecule has 3 N–H and O–H groups in total. The normalized spacial score (nSPS) is 17.9. The second-order valence-corrected chi connectivity index (χ2v) is 4.51. The highest BCUT2D eigenvalue weighted by molar-refractivity contribution is 5.92. The minimum atomic E-state index is -1.21. The number of nitrogens with zero attached hydrogens (tertiary/aromatic N) is 2. The molecule has 9 nitrogen and oxygen atoms in total. The van der Waals surface area contributed by atoms with E-state index < -0.39 is 23.9 Å². The molecule has 1 fully saturated rings. The third-order valence-corrected chi connectivity index (χ3v) is 3.24. The first-order valence-corrected chi connectivity index (χ1v) is 6.72. The number of amides is 4. The molecule has 21 heavy (non-hydrogen) atoms. The Bertz CT molecular complexity index is 435. The summed E-state index contributed by atoms with van der Waals surface area (Å²) in [4.78, 5) is 48.5. The van der Waals surface area contributed by atoms with Gasteiger partial charge in [-0.25, -0.2) is 9.59 Å². The summed E-state index contributed by atoms with van der Waals surface area (Å²) in [6, 6.07) is -1.87. The van der Waals surface area contributed by atoms with Gasteiger partial charge in [0.2, 0.25) is 11.8 Å². The van der Waals surface area contributed by atoms with E-state index in [1.54, 1.807) is 0 Å². The number of carbonyl (C=O) groups excluding carboxylic acids is 3. The Morgan fingerprint density at radius 1 is 1.38 bits per heavy atom. The van der Waals surface area contributed by atoms with E-state index in [-0.39, 0.29) is 25.5 Å². The number of carboxylic acid groups (broad SMARTS) is 1. The summed E-state index contributed by atoms with van der Waals surface area (Å²) in [5.74, 6) is -1.90. The number of carbonyl (C=O) groups is 4. The second-order valence-electron chi connectivity index (χ2n) is 4.51. The van der Waals surface area contributed by atoms with Crippen molar-refractivity contribution in [1.82, 2.24) is 20.4 Å². The fourth-order valence-electron chi connectivity index (χ4n) is 2.02. The smallest absolute Gasteiger partial charge is 0.328 e. The van der Waals surface area contributed by atoms with Gasteiger partial charge in [-0.2, -0.15) is 0 Å². The molecule has 1 rings (SSSR count). The Kier molecular flexibility index (Phi) is 5.94. The van der Waals surface area contributed by atoms with Crippen molar-refractivity contribution >= 4 is 23.8 Å². The molecule has 1 aliphatic heterocycles. The largest absolute Gasteiger partial charge is 0.480 e. The first-order chi connectivity index (χ1) is 9.90. The Morgan fingerprint density at radius 3 is 2.52 bits per heavy atom. The van der Waals surface area contributed by atoms with E-state index in [2.05, 4.69) is 10.6 Å². The van der Waals surface area contributed by atoms with Crippen molar-refractivity contribution in [2.45, 2.75) is 19.9 Å². The SMILES string of the molecule is CCN(CC)C(=O)CNC(=O)N1CC(=O)NCC1C(=O)O. The highest BCUT2D eigenvalue weighted by atomic mass is 16.4. The van der Waals surface area contributed by atoms with Gasteiger partial charge in [0.05, 0.1) is 6.54 Å². The van der Waals surface area contributed by atoms with Crippen LogP contribution in [0, 0.1) is 0 Å². The van der Waals surface area contributed by atoms with Gasteiger partial charge < -0.3 is 20.6 Å². The van der Waals surface area contributed by atoms with Gasteiger partial charge in [-0.15, -0.1) is 0 Å². The van der Waals surface area contributed by atoms with Crippen molar-refractivity contribution in [3.05, 3.63) is 0 Å². The number of carboxylic acids is 1. The molecule has 0 bridgehead atoms. The van der Waals surface area contributed by atoms with Crippen LogP contribution in [0.1, 0.15) is 13.8 Å². The van der Waals surface area contributed by atoms with Crippen LogP contribution in [-0.2, 0) is 14.4 Å². The predicted octanol–water partition coefficient (Wildman–Crippen LogP) is -1.55. The molecule has 0 aromatic rings. The minimum Gasteiger partial charge on any atom is -0.480 e. The van der Waals surface area contributed by atoms with Gasteiger partial charge in [0, 0.05) is 19.6 Å². The number of rotatable bonds is 5. The van der Waals surface area contributed by atoms with E-state index in [0.717, 1.165) is 4.90 Å². The van der Waals surface area contributed by atoms with E-state index in [4.69, 9.17) is 5.11 Å². The van der Waals surface area contributed by atoms with E-state index in [9.17, 15) is 19.2 Å². The summed E-state index contributed by atoms with van der Waals surface area (Å²) in [5, 5.41) is 13.8. The first-order valence-electron chi connectivity index (χ1n) is 6.72. The maximum Gasteiger partial charge on any atom is 0.328 e. The zero-order valence-corrected chi connectivity index (χ0v) is 12.1. The molecule has 1 saturated heterocycles. The van der Waals surface area contributed by atoms with Gasteiger partial charge in [0.15, 0.2) is 0 Å². The Morgan fingerprint density at radius 2 is 2.00 bits per heavy atom. The van der Waals surface area contributed by atoms with Crippen molar-refractivity contribution in [2.24, 2.45) is 0 Å². The average Bonchev–Trinajstić information content (AvgIpc) is 2.45. The minimum absolute atomic E-state index is 0.147. The van der Waals surface area contributed by atoms with Crippen LogP contribution in [0.5, 0.6) is 0 Å². The molecule has 0 spiro atoms. The van der Waals surface area contributed by atoms with Gasteiger partial charge in [-0.05, 0) is 13.8 Å². The van der Waals surface area contributed by atoms with Crippen LogP contribution in [0.4, 0.5) is 4.79 Å². The van der Waals surface area contributed by atoms with Gasteiger partial charge in [0.25, 0.3) is 0 Å². The fraction of sp³-hybridized carbons (Fsp3) is 0.667. The molecular weight excluding hydrogens is 280 g/mol. The van der Waals surface area contributed by atoms with E-state index >= 15 is 0 Å². The molecule has 0 saturated carbocycles. The van der Waals surface area contributed by atoms with Gasteiger partial charge in [-0.1, -0.05) is 0 Å². The average molecular weight is 300 g/mol. The van der Waals surface area contributed by atoms with Crippen LogP contribution in [0.2, 0.25) is 0 Å². The second kappa shape index (κ2) is 7.46. The summed E-state index contributed by atoms with van der Waals surface area (Å²) in [5.41, 5.74) is 0. The number of urea groups is 1. The number of likely N-dealkylation sites (N-methyl/N-ethyl adjacent to an activating group) is 1. The van der Waals surface area contributed by atoms with E-state index in [0.29, 0.717) is 13.1 Å².